The number of carboxylic acids is 1. The van der Waals surface area contributed by atoms with Crippen molar-refractivity contribution in [3.63, 3.8) is 0 Å². The summed E-state index contributed by atoms with van der Waals surface area (Å²) in [4.78, 5) is 11.6. The zero-order valence-electron chi connectivity index (χ0n) is 23.7. The summed E-state index contributed by atoms with van der Waals surface area (Å²) in [6.45, 7) is 8.50. The molecule has 6 heteroatoms. The average molecular weight is 535 g/mol. The molecule has 0 radical (unpaired) electrons. The van der Waals surface area contributed by atoms with Crippen LogP contribution >= 0.6 is 0 Å². The second kappa shape index (κ2) is 11.8. The highest BCUT2D eigenvalue weighted by molar-refractivity contribution is 5.72. The molecule has 0 saturated heterocycles. The number of carboxylic acid groups (broad SMARTS) is 1. The maximum Gasteiger partial charge on any atom is 0.306 e. The molecule has 1 N–H and O–H groups in total. The zero-order valence-corrected chi connectivity index (χ0v) is 23.7. The molecule has 0 saturated carbocycles. The SMILES string of the molecule is CCC(C)(C)[C@@H](OC)c1cc(COc2ccc3c(c2)[C@@H](C(C)C(=O)O)CC3)ccc1-c1cc(OC)ccc1F. The number of ether oxygens (including phenoxy) is 3. The van der Waals surface area contributed by atoms with Crippen LogP contribution in [0.1, 0.15) is 74.8 Å². The lowest BCUT2D eigenvalue weighted by Gasteiger charge is -2.34. The molecule has 0 amide bonds. The van der Waals surface area contributed by atoms with Gasteiger partial charge in [0, 0.05) is 12.7 Å². The number of hydrogen-bond donors (Lipinski definition) is 1. The van der Waals surface area contributed by atoms with Crippen molar-refractivity contribution in [3.05, 3.63) is 82.7 Å². The third-order valence-electron chi connectivity index (χ3n) is 8.36. The molecule has 0 bridgehead atoms. The van der Waals surface area contributed by atoms with Crippen LogP contribution in [0.25, 0.3) is 11.1 Å². The van der Waals surface area contributed by atoms with Crippen molar-refractivity contribution in [3.8, 4) is 22.6 Å². The Labute approximate surface area is 230 Å². The molecule has 208 valence electrons. The Morgan fingerprint density at radius 1 is 1.05 bits per heavy atom. The van der Waals surface area contributed by atoms with Gasteiger partial charge in [0.25, 0.3) is 0 Å². The minimum absolute atomic E-state index is 0.0107. The third kappa shape index (κ3) is 5.96. The van der Waals surface area contributed by atoms with Crippen LogP contribution in [0.5, 0.6) is 11.5 Å². The highest BCUT2D eigenvalue weighted by Crippen LogP contribution is 2.44. The van der Waals surface area contributed by atoms with Crippen LogP contribution in [0.15, 0.2) is 54.6 Å². The fourth-order valence-electron chi connectivity index (χ4n) is 5.61. The van der Waals surface area contributed by atoms with Gasteiger partial charge in [-0.2, -0.15) is 0 Å². The van der Waals surface area contributed by atoms with E-state index in [4.69, 9.17) is 14.2 Å². The highest BCUT2D eigenvalue weighted by Gasteiger charge is 2.33. The van der Waals surface area contributed by atoms with Gasteiger partial charge in [0.15, 0.2) is 0 Å². The van der Waals surface area contributed by atoms with E-state index in [1.807, 2.05) is 36.4 Å². The molecule has 1 unspecified atom stereocenters. The molecule has 4 rings (SSSR count). The van der Waals surface area contributed by atoms with E-state index in [0.29, 0.717) is 23.7 Å². The van der Waals surface area contributed by atoms with Crippen LogP contribution in [0.4, 0.5) is 4.39 Å². The first-order valence-corrected chi connectivity index (χ1v) is 13.6. The molecule has 0 heterocycles. The van der Waals surface area contributed by atoms with E-state index in [-0.39, 0.29) is 23.3 Å². The smallest absolute Gasteiger partial charge is 0.306 e. The number of rotatable bonds is 11. The van der Waals surface area contributed by atoms with E-state index in [9.17, 15) is 9.90 Å². The van der Waals surface area contributed by atoms with Crippen LogP contribution in [-0.2, 0) is 22.6 Å². The van der Waals surface area contributed by atoms with Crippen LogP contribution in [0.3, 0.4) is 0 Å². The summed E-state index contributed by atoms with van der Waals surface area (Å²) in [6, 6.07) is 16.7. The van der Waals surface area contributed by atoms with Gasteiger partial charge in [-0.05, 0) is 94.8 Å². The summed E-state index contributed by atoms with van der Waals surface area (Å²) in [5.74, 6) is -0.263. The Hall–Kier alpha value is -3.38. The Kier molecular flexibility index (Phi) is 8.65. The molecule has 0 spiro atoms. The predicted octanol–water partition coefficient (Wildman–Crippen LogP) is 7.95. The van der Waals surface area contributed by atoms with E-state index >= 15 is 4.39 Å². The Morgan fingerprint density at radius 2 is 1.79 bits per heavy atom. The van der Waals surface area contributed by atoms with Crippen molar-refractivity contribution in [1.82, 2.24) is 0 Å². The molecule has 3 atom stereocenters. The lowest BCUT2D eigenvalue weighted by atomic mass is 9.77. The van der Waals surface area contributed by atoms with Gasteiger partial charge in [-0.15, -0.1) is 0 Å². The first-order valence-electron chi connectivity index (χ1n) is 13.6. The fourth-order valence-corrected chi connectivity index (χ4v) is 5.61. The lowest BCUT2D eigenvalue weighted by molar-refractivity contribution is -0.141. The van der Waals surface area contributed by atoms with Crippen molar-refractivity contribution in [2.45, 2.75) is 65.6 Å². The number of aliphatic carboxylic acids is 1. The predicted molar refractivity (Wildman–Crippen MR) is 151 cm³/mol. The third-order valence-corrected chi connectivity index (χ3v) is 8.36. The summed E-state index contributed by atoms with van der Waals surface area (Å²) in [5, 5.41) is 9.53. The molecular weight excluding hydrogens is 495 g/mol. The fraction of sp³-hybridized carbons (Fsp3) is 0.424. The highest BCUT2D eigenvalue weighted by atomic mass is 19.1. The van der Waals surface area contributed by atoms with Crippen LogP contribution in [-0.4, -0.2) is 25.3 Å². The lowest BCUT2D eigenvalue weighted by Crippen LogP contribution is -2.24. The molecule has 3 aromatic rings. The van der Waals surface area contributed by atoms with Gasteiger partial charge in [0.1, 0.15) is 23.9 Å². The molecular formula is C33H39FO5. The zero-order chi connectivity index (χ0) is 28.3. The van der Waals surface area contributed by atoms with Crippen molar-refractivity contribution < 1.29 is 28.5 Å². The molecule has 0 fully saturated rings. The van der Waals surface area contributed by atoms with Gasteiger partial charge < -0.3 is 19.3 Å². The number of aryl methyl sites for hydroxylation is 1. The summed E-state index contributed by atoms with van der Waals surface area (Å²) in [5.41, 5.74) is 5.10. The van der Waals surface area contributed by atoms with Gasteiger partial charge in [0.2, 0.25) is 0 Å². The van der Waals surface area contributed by atoms with Crippen molar-refractivity contribution in [2.75, 3.05) is 14.2 Å². The van der Waals surface area contributed by atoms with Gasteiger partial charge in [0.05, 0.1) is 19.1 Å². The largest absolute Gasteiger partial charge is 0.497 e. The normalized spacial score (nSPS) is 16.4. The van der Waals surface area contributed by atoms with E-state index in [2.05, 4.69) is 20.8 Å². The monoisotopic (exact) mass is 534 g/mol. The molecule has 0 aromatic heterocycles. The minimum atomic E-state index is -0.776. The maximum absolute atomic E-state index is 15.1. The summed E-state index contributed by atoms with van der Waals surface area (Å²) < 4.78 is 32.7. The van der Waals surface area contributed by atoms with Crippen molar-refractivity contribution in [2.24, 2.45) is 11.3 Å². The van der Waals surface area contributed by atoms with E-state index < -0.39 is 11.9 Å². The average Bonchev–Trinajstić information content (AvgIpc) is 3.35. The second-order valence-electron chi connectivity index (χ2n) is 11.1. The number of fused-ring (bicyclic) bond motifs is 1. The summed E-state index contributed by atoms with van der Waals surface area (Å²) in [7, 11) is 3.26. The van der Waals surface area contributed by atoms with Gasteiger partial charge in [-0.25, -0.2) is 4.39 Å². The molecule has 3 aromatic carbocycles. The molecule has 1 aliphatic carbocycles. The van der Waals surface area contributed by atoms with E-state index in [1.165, 1.54) is 11.6 Å². The van der Waals surface area contributed by atoms with Crippen LogP contribution < -0.4 is 9.47 Å². The van der Waals surface area contributed by atoms with Crippen LogP contribution in [0, 0.1) is 17.2 Å². The quantitative estimate of drug-likeness (QED) is 0.270. The number of carbonyl (C=O) groups is 1. The first kappa shape index (κ1) is 28.6. The summed E-state index contributed by atoms with van der Waals surface area (Å²) >= 11 is 0. The molecule has 39 heavy (non-hydrogen) atoms. The van der Waals surface area contributed by atoms with Gasteiger partial charge >= 0.3 is 5.97 Å². The number of methoxy groups -OCH3 is 2. The molecule has 1 aliphatic rings. The number of benzene rings is 3. The minimum Gasteiger partial charge on any atom is -0.497 e. The Bertz CT molecular complexity index is 1330. The Balaban J connectivity index is 1.68. The summed E-state index contributed by atoms with van der Waals surface area (Å²) in [6.07, 6.45) is 2.32. The molecule has 5 nitrogen and oxygen atoms in total. The van der Waals surface area contributed by atoms with E-state index in [1.54, 1.807) is 33.3 Å². The van der Waals surface area contributed by atoms with Crippen molar-refractivity contribution >= 4 is 5.97 Å². The molecule has 0 aliphatic heterocycles. The Morgan fingerprint density at radius 3 is 2.46 bits per heavy atom. The van der Waals surface area contributed by atoms with Crippen molar-refractivity contribution in [1.29, 1.82) is 0 Å². The number of hydrogen-bond acceptors (Lipinski definition) is 4. The second-order valence-corrected chi connectivity index (χ2v) is 11.1. The maximum atomic E-state index is 15.1. The van der Waals surface area contributed by atoms with E-state index in [0.717, 1.165) is 41.5 Å². The first-order chi connectivity index (χ1) is 18.6. The standard InChI is InChI=1S/C33H39FO5/c1-7-33(3,4)31(38-6)29-16-21(8-13-26(29)28-17-23(37-5)12-15-30(28)34)19-39-24-11-9-22-10-14-25(27(22)18-24)20(2)32(35)36/h8-9,11-13,15-18,20,25,31H,7,10,14,19H2,1-6H3,(H,35,36)/t20?,25-,31+/m1/s1. The van der Waals surface area contributed by atoms with Gasteiger partial charge in [-0.1, -0.05) is 45.9 Å². The topological polar surface area (TPSA) is 65.0 Å². The number of halogens is 1. The van der Waals surface area contributed by atoms with Gasteiger partial charge in [-0.3, -0.25) is 4.79 Å². The van der Waals surface area contributed by atoms with Crippen LogP contribution in [0.2, 0.25) is 0 Å².